The molecule has 1 aromatic carbocycles. The first-order chi connectivity index (χ1) is 8.24. The SMILES string of the molecule is CC(C)C(=O)OC(C)(C)c1ccc(C(C)C)cc1. The van der Waals surface area contributed by atoms with E-state index in [9.17, 15) is 4.79 Å². The third kappa shape index (κ3) is 3.59. The fraction of sp³-hybridized carbons (Fsp3) is 0.562. The summed E-state index contributed by atoms with van der Waals surface area (Å²) in [5.41, 5.74) is 1.75. The second-order valence-electron chi connectivity index (χ2n) is 5.86. The largest absolute Gasteiger partial charge is 0.455 e. The number of hydrogen-bond donors (Lipinski definition) is 0. The molecule has 0 spiro atoms. The van der Waals surface area contributed by atoms with Gasteiger partial charge in [0, 0.05) is 0 Å². The summed E-state index contributed by atoms with van der Waals surface area (Å²) in [6.07, 6.45) is 0. The zero-order valence-corrected chi connectivity index (χ0v) is 12.3. The van der Waals surface area contributed by atoms with Crippen LogP contribution in [-0.4, -0.2) is 5.97 Å². The van der Waals surface area contributed by atoms with Crippen LogP contribution in [0.2, 0.25) is 0 Å². The zero-order valence-electron chi connectivity index (χ0n) is 12.3. The Bertz CT molecular complexity index is 400. The predicted octanol–water partition coefficient (Wildman–Crippen LogP) is 4.24. The number of benzene rings is 1. The van der Waals surface area contributed by atoms with Gasteiger partial charge in [0.2, 0.25) is 0 Å². The summed E-state index contributed by atoms with van der Waals surface area (Å²) in [5, 5.41) is 0. The van der Waals surface area contributed by atoms with Crippen molar-refractivity contribution in [1.29, 1.82) is 0 Å². The van der Waals surface area contributed by atoms with Crippen LogP contribution in [0.4, 0.5) is 0 Å². The lowest BCUT2D eigenvalue weighted by Crippen LogP contribution is -2.27. The zero-order chi connectivity index (χ0) is 13.9. The van der Waals surface area contributed by atoms with Gasteiger partial charge >= 0.3 is 5.97 Å². The van der Waals surface area contributed by atoms with Crippen molar-refractivity contribution >= 4 is 5.97 Å². The maximum Gasteiger partial charge on any atom is 0.309 e. The summed E-state index contributed by atoms with van der Waals surface area (Å²) < 4.78 is 5.55. The van der Waals surface area contributed by atoms with Crippen LogP contribution in [0.5, 0.6) is 0 Å². The molecule has 0 bridgehead atoms. The van der Waals surface area contributed by atoms with E-state index in [1.165, 1.54) is 5.56 Å². The monoisotopic (exact) mass is 248 g/mol. The lowest BCUT2D eigenvalue weighted by molar-refractivity contribution is -0.161. The average Bonchev–Trinajstić information content (AvgIpc) is 2.28. The van der Waals surface area contributed by atoms with Crippen LogP contribution in [0.25, 0.3) is 0 Å². The van der Waals surface area contributed by atoms with Crippen molar-refractivity contribution in [2.75, 3.05) is 0 Å². The lowest BCUT2D eigenvalue weighted by atomic mass is 9.94. The number of esters is 1. The Kier molecular flexibility index (Phi) is 4.55. The van der Waals surface area contributed by atoms with E-state index in [2.05, 4.69) is 26.0 Å². The molecule has 0 amide bonds. The Morgan fingerprint density at radius 2 is 1.56 bits per heavy atom. The molecule has 2 heteroatoms. The summed E-state index contributed by atoms with van der Waals surface area (Å²) in [6.45, 7) is 11.9. The van der Waals surface area contributed by atoms with Crippen LogP contribution in [0.3, 0.4) is 0 Å². The van der Waals surface area contributed by atoms with E-state index in [1.807, 2.05) is 39.8 Å². The molecule has 0 aliphatic carbocycles. The molecule has 18 heavy (non-hydrogen) atoms. The van der Waals surface area contributed by atoms with E-state index >= 15 is 0 Å². The van der Waals surface area contributed by atoms with Crippen molar-refractivity contribution < 1.29 is 9.53 Å². The van der Waals surface area contributed by atoms with Crippen molar-refractivity contribution in [3.8, 4) is 0 Å². The minimum atomic E-state index is -0.573. The Morgan fingerprint density at radius 1 is 1.06 bits per heavy atom. The summed E-state index contributed by atoms with van der Waals surface area (Å²) in [5.74, 6) is 0.257. The maximum absolute atomic E-state index is 11.7. The molecule has 1 rings (SSSR count). The topological polar surface area (TPSA) is 26.3 Å². The first-order valence-corrected chi connectivity index (χ1v) is 6.57. The van der Waals surface area contributed by atoms with Crippen LogP contribution in [0, 0.1) is 5.92 Å². The predicted molar refractivity (Wildman–Crippen MR) is 74.5 cm³/mol. The van der Waals surface area contributed by atoms with Gasteiger partial charge in [0.15, 0.2) is 0 Å². The summed E-state index contributed by atoms with van der Waals surface area (Å²) in [7, 11) is 0. The molecule has 0 saturated heterocycles. The number of ether oxygens (including phenoxy) is 1. The minimum Gasteiger partial charge on any atom is -0.455 e. The van der Waals surface area contributed by atoms with Crippen LogP contribution in [0.1, 0.15) is 58.6 Å². The van der Waals surface area contributed by atoms with Crippen LogP contribution < -0.4 is 0 Å². The van der Waals surface area contributed by atoms with Crippen molar-refractivity contribution in [3.05, 3.63) is 35.4 Å². The van der Waals surface area contributed by atoms with Crippen LogP contribution >= 0.6 is 0 Å². The van der Waals surface area contributed by atoms with Crippen molar-refractivity contribution in [1.82, 2.24) is 0 Å². The van der Waals surface area contributed by atoms with Gasteiger partial charge in [-0.3, -0.25) is 4.79 Å². The first-order valence-electron chi connectivity index (χ1n) is 6.57. The van der Waals surface area contributed by atoms with E-state index in [4.69, 9.17) is 4.74 Å². The molecule has 100 valence electrons. The van der Waals surface area contributed by atoms with Gasteiger partial charge in [-0.25, -0.2) is 0 Å². The lowest BCUT2D eigenvalue weighted by Gasteiger charge is -2.27. The average molecular weight is 248 g/mol. The second kappa shape index (κ2) is 5.55. The van der Waals surface area contributed by atoms with Crippen molar-refractivity contribution in [3.63, 3.8) is 0 Å². The highest BCUT2D eigenvalue weighted by Crippen LogP contribution is 2.27. The van der Waals surface area contributed by atoms with Crippen LogP contribution in [-0.2, 0) is 15.1 Å². The molecule has 0 aliphatic rings. The Labute approximate surface area is 110 Å². The molecule has 0 aromatic heterocycles. The highest BCUT2D eigenvalue weighted by molar-refractivity contribution is 5.72. The second-order valence-corrected chi connectivity index (χ2v) is 5.86. The third-order valence-corrected chi connectivity index (χ3v) is 3.10. The fourth-order valence-corrected chi connectivity index (χ4v) is 1.70. The summed E-state index contributed by atoms with van der Waals surface area (Å²) in [6, 6.07) is 8.29. The number of rotatable bonds is 4. The molecule has 0 saturated carbocycles. The van der Waals surface area contributed by atoms with Gasteiger partial charge in [-0.05, 0) is 30.9 Å². The van der Waals surface area contributed by atoms with Gasteiger partial charge in [-0.2, -0.15) is 0 Å². The summed E-state index contributed by atoms with van der Waals surface area (Å²) in [4.78, 5) is 11.7. The van der Waals surface area contributed by atoms with E-state index in [1.54, 1.807) is 0 Å². The Morgan fingerprint density at radius 3 is 1.94 bits per heavy atom. The number of hydrogen-bond acceptors (Lipinski definition) is 2. The quantitative estimate of drug-likeness (QED) is 0.745. The highest BCUT2D eigenvalue weighted by atomic mass is 16.6. The van der Waals surface area contributed by atoms with Gasteiger partial charge in [0.25, 0.3) is 0 Å². The third-order valence-electron chi connectivity index (χ3n) is 3.10. The number of carbonyl (C=O) groups excluding carboxylic acids is 1. The molecule has 0 atom stereocenters. The molecule has 1 aromatic rings. The molecule has 0 unspecified atom stereocenters. The van der Waals surface area contributed by atoms with Gasteiger partial charge in [0.1, 0.15) is 5.60 Å². The van der Waals surface area contributed by atoms with Crippen LogP contribution in [0.15, 0.2) is 24.3 Å². The molecule has 0 aliphatic heterocycles. The summed E-state index contributed by atoms with van der Waals surface area (Å²) >= 11 is 0. The van der Waals surface area contributed by atoms with Crippen molar-refractivity contribution in [2.45, 2.75) is 53.1 Å². The van der Waals surface area contributed by atoms with E-state index < -0.39 is 5.60 Å². The fourth-order valence-electron chi connectivity index (χ4n) is 1.70. The van der Waals surface area contributed by atoms with Gasteiger partial charge in [0.05, 0.1) is 5.92 Å². The van der Waals surface area contributed by atoms with Gasteiger partial charge in [-0.15, -0.1) is 0 Å². The van der Waals surface area contributed by atoms with E-state index in [0.717, 1.165) is 5.56 Å². The molecule has 0 heterocycles. The standard InChI is InChI=1S/C16H24O2/c1-11(2)13-7-9-14(10-8-13)16(5,6)18-15(17)12(3)4/h7-12H,1-6H3. The molecule has 2 nitrogen and oxygen atoms in total. The van der Waals surface area contributed by atoms with Gasteiger partial charge in [-0.1, -0.05) is 52.0 Å². The molecule has 0 radical (unpaired) electrons. The minimum absolute atomic E-state index is 0.0980. The Balaban J connectivity index is 2.88. The molecular formula is C16H24O2. The maximum atomic E-state index is 11.7. The van der Waals surface area contributed by atoms with E-state index in [-0.39, 0.29) is 11.9 Å². The Hall–Kier alpha value is -1.31. The smallest absolute Gasteiger partial charge is 0.309 e. The highest BCUT2D eigenvalue weighted by Gasteiger charge is 2.26. The van der Waals surface area contributed by atoms with E-state index in [0.29, 0.717) is 5.92 Å². The molecular weight excluding hydrogens is 224 g/mol. The molecule has 0 N–H and O–H groups in total. The molecule has 0 fully saturated rings. The normalized spacial score (nSPS) is 12.0. The number of carbonyl (C=O) groups is 1. The van der Waals surface area contributed by atoms with Gasteiger partial charge < -0.3 is 4.74 Å². The van der Waals surface area contributed by atoms with Crippen molar-refractivity contribution in [2.24, 2.45) is 5.92 Å². The first kappa shape index (κ1) is 14.7.